The summed E-state index contributed by atoms with van der Waals surface area (Å²) in [5, 5.41) is 0.126. The van der Waals surface area contributed by atoms with Gasteiger partial charge in [0.05, 0.1) is 10.7 Å². The van der Waals surface area contributed by atoms with Crippen molar-refractivity contribution in [1.29, 1.82) is 0 Å². The van der Waals surface area contributed by atoms with Crippen LogP contribution in [0, 0.1) is 5.82 Å². The lowest BCUT2D eigenvalue weighted by atomic mass is 10.1. The van der Waals surface area contributed by atoms with Crippen LogP contribution in [-0.2, 0) is 25.9 Å². The zero-order chi connectivity index (χ0) is 21.1. The van der Waals surface area contributed by atoms with E-state index in [0.29, 0.717) is 38.4 Å². The normalized spacial score (nSPS) is 14.2. The number of anilines is 1. The summed E-state index contributed by atoms with van der Waals surface area (Å²) in [7, 11) is 1.90. The van der Waals surface area contributed by atoms with Gasteiger partial charge < -0.3 is 4.90 Å². The fourth-order valence-electron chi connectivity index (χ4n) is 3.72. The third kappa shape index (κ3) is 4.68. The van der Waals surface area contributed by atoms with E-state index < -0.39 is 5.82 Å². The number of benzene rings is 1. The van der Waals surface area contributed by atoms with Crippen LogP contribution in [0.5, 0.6) is 0 Å². The number of aromatic amines is 1. The second-order valence-electron chi connectivity index (χ2n) is 7.56. The molecule has 3 aromatic rings. The van der Waals surface area contributed by atoms with Gasteiger partial charge in [-0.2, -0.15) is 0 Å². The summed E-state index contributed by atoms with van der Waals surface area (Å²) in [6.07, 6.45) is 4.81. The van der Waals surface area contributed by atoms with E-state index >= 15 is 0 Å². The molecule has 0 fully saturated rings. The Kier molecular flexibility index (Phi) is 6.11. The van der Waals surface area contributed by atoms with Crippen molar-refractivity contribution in [3.8, 4) is 0 Å². The van der Waals surface area contributed by atoms with Crippen LogP contribution in [0.15, 0.2) is 47.5 Å². The molecule has 1 aliphatic rings. The number of pyridine rings is 1. The molecule has 4 rings (SSSR count). The maximum atomic E-state index is 13.7. The van der Waals surface area contributed by atoms with Crippen LogP contribution < -0.4 is 10.5 Å². The molecule has 0 spiro atoms. The van der Waals surface area contributed by atoms with Crippen LogP contribution in [0.25, 0.3) is 0 Å². The van der Waals surface area contributed by atoms with E-state index in [2.05, 4.69) is 14.9 Å². The second kappa shape index (κ2) is 8.93. The molecule has 6 nitrogen and oxygen atoms in total. The largest absolute Gasteiger partial charge is 0.341 e. The minimum Gasteiger partial charge on any atom is -0.341 e. The molecular weight excluding hydrogens is 405 g/mol. The van der Waals surface area contributed by atoms with Gasteiger partial charge in [-0.3, -0.25) is 19.7 Å². The summed E-state index contributed by atoms with van der Waals surface area (Å²) in [4.78, 5) is 28.6. The molecule has 1 N–H and O–H groups in total. The van der Waals surface area contributed by atoms with Crippen LogP contribution in [0.2, 0.25) is 5.02 Å². The Bertz CT molecular complexity index is 1090. The van der Waals surface area contributed by atoms with Gasteiger partial charge in [-0.15, -0.1) is 0 Å². The molecule has 0 amide bonds. The first-order valence-corrected chi connectivity index (χ1v) is 10.3. The summed E-state index contributed by atoms with van der Waals surface area (Å²) in [5.74, 6) is 0.141. The average Bonchev–Trinajstić information content (AvgIpc) is 2.94. The number of nitrogens with zero attached hydrogens (tertiary/aromatic N) is 4. The predicted octanol–water partition coefficient (Wildman–Crippen LogP) is 3.19. The van der Waals surface area contributed by atoms with Crippen LogP contribution in [0.1, 0.15) is 22.4 Å². The minimum absolute atomic E-state index is 0.0903. The Balaban J connectivity index is 1.48. The number of halogens is 2. The summed E-state index contributed by atoms with van der Waals surface area (Å²) in [6, 6.07) is 8.76. The van der Waals surface area contributed by atoms with E-state index in [1.165, 1.54) is 6.07 Å². The molecule has 156 valence electrons. The molecule has 0 radical (unpaired) electrons. The fraction of sp³-hybridized carbons (Fsp3) is 0.318. The number of hydrogen-bond donors (Lipinski definition) is 1. The molecule has 0 atom stereocenters. The lowest BCUT2D eigenvalue weighted by Gasteiger charge is -2.19. The lowest BCUT2D eigenvalue weighted by Crippen LogP contribution is -2.27. The van der Waals surface area contributed by atoms with Crippen molar-refractivity contribution in [2.75, 3.05) is 25.0 Å². The maximum absolute atomic E-state index is 13.7. The van der Waals surface area contributed by atoms with E-state index in [-0.39, 0.29) is 10.6 Å². The molecule has 2 aromatic heterocycles. The van der Waals surface area contributed by atoms with Gasteiger partial charge >= 0.3 is 0 Å². The third-order valence-corrected chi connectivity index (χ3v) is 5.63. The number of aromatic nitrogens is 3. The minimum atomic E-state index is -0.410. The van der Waals surface area contributed by atoms with Crippen molar-refractivity contribution in [2.24, 2.45) is 0 Å². The van der Waals surface area contributed by atoms with Crippen molar-refractivity contribution in [3.63, 3.8) is 0 Å². The Morgan fingerprint density at radius 1 is 1.23 bits per heavy atom. The smallest absolute Gasteiger partial charge is 0.255 e. The first-order chi connectivity index (χ1) is 14.5. The Morgan fingerprint density at radius 3 is 2.83 bits per heavy atom. The lowest BCUT2D eigenvalue weighted by molar-refractivity contribution is 0.278. The number of fused-ring (bicyclic) bond motifs is 1. The van der Waals surface area contributed by atoms with Crippen LogP contribution in [0.3, 0.4) is 0 Å². The quantitative estimate of drug-likeness (QED) is 0.677. The number of H-pyrrole nitrogens is 1. The molecule has 1 aliphatic heterocycles. The summed E-state index contributed by atoms with van der Waals surface area (Å²) < 4.78 is 13.7. The number of rotatable bonds is 5. The average molecular weight is 428 g/mol. The van der Waals surface area contributed by atoms with Gasteiger partial charge in [0.1, 0.15) is 5.82 Å². The Labute approximate surface area is 179 Å². The van der Waals surface area contributed by atoms with Crippen molar-refractivity contribution >= 4 is 17.5 Å². The Hall–Kier alpha value is -2.77. The summed E-state index contributed by atoms with van der Waals surface area (Å²) >= 11 is 5.78. The first-order valence-electron chi connectivity index (χ1n) is 9.88. The van der Waals surface area contributed by atoms with Gasteiger partial charge in [-0.1, -0.05) is 23.7 Å². The van der Waals surface area contributed by atoms with Gasteiger partial charge in [-0.05, 0) is 35.7 Å². The zero-order valence-corrected chi connectivity index (χ0v) is 17.5. The predicted molar refractivity (Wildman–Crippen MR) is 115 cm³/mol. The van der Waals surface area contributed by atoms with Crippen LogP contribution >= 0.6 is 11.6 Å². The molecule has 3 heterocycles. The second-order valence-corrected chi connectivity index (χ2v) is 7.96. The number of hydrogen-bond acceptors (Lipinski definition) is 5. The molecule has 0 aliphatic carbocycles. The van der Waals surface area contributed by atoms with Crippen molar-refractivity contribution < 1.29 is 4.39 Å². The highest BCUT2D eigenvalue weighted by Crippen LogP contribution is 2.19. The van der Waals surface area contributed by atoms with E-state index in [0.717, 1.165) is 28.9 Å². The van der Waals surface area contributed by atoms with Crippen LogP contribution in [0.4, 0.5) is 10.3 Å². The zero-order valence-electron chi connectivity index (χ0n) is 16.7. The molecular formula is C22H23ClFN5O. The van der Waals surface area contributed by atoms with Crippen molar-refractivity contribution in [2.45, 2.75) is 25.9 Å². The number of nitrogens with one attached hydrogen (secondary N) is 1. The highest BCUT2D eigenvalue weighted by atomic mass is 35.5. The van der Waals surface area contributed by atoms with Crippen molar-refractivity contribution in [3.05, 3.63) is 86.3 Å². The third-order valence-electron chi connectivity index (χ3n) is 5.33. The highest BCUT2D eigenvalue weighted by Gasteiger charge is 2.20. The monoisotopic (exact) mass is 427 g/mol. The summed E-state index contributed by atoms with van der Waals surface area (Å²) in [5.41, 5.74) is 3.38. The molecule has 0 bridgehead atoms. The van der Waals surface area contributed by atoms with E-state index in [1.54, 1.807) is 18.5 Å². The van der Waals surface area contributed by atoms with E-state index in [1.807, 2.05) is 30.1 Å². The van der Waals surface area contributed by atoms with E-state index in [9.17, 15) is 9.18 Å². The molecule has 8 heteroatoms. The maximum Gasteiger partial charge on any atom is 0.255 e. The van der Waals surface area contributed by atoms with Crippen LogP contribution in [-0.4, -0.2) is 40.0 Å². The molecule has 0 saturated carbocycles. The standard InChI is InChI=1S/C22H23ClFN5O/c1-28(13-16-3-2-8-25-12-16)22-26-20-7-10-29(9-6-17(20)21(30)27-22)14-15-4-5-18(23)19(24)11-15/h2-5,8,11-12H,6-7,9-10,13-14H2,1H3,(H,26,27,30). The van der Waals surface area contributed by atoms with Gasteiger partial charge in [-0.25, -0.2) is 9.37 Å². The van der Waals surface area contributed by atoms with Gasteiger partial charge in [0.2, 0.25) is 5.95 Å². The van der Waals surface area contributed by atoms with Gasteiger partial charge in [0.25, 0.3) is 5.56 Å². The SMILES string of the molecule is CN(Cc1cccnc1)c1nc2c(c(=O)[nH]1)CCN(Cc1ccc(Cl)c(F)c1)CC2. The topological polar surface area (TPSA) is 65.1 Å². The summed E-state index contributed by atoms with van der Waals surface area (Å²) in [6.45, 7) is 2.67. The highest BCUT2D eigenvalue weighted by molar-refractivity contribution is 6.30. The van der Waals surface area contributed by atoms with Gasteiger partial charge in [0.15, 0.2) is 0 Å². The van der Waals surface area contributed by atoms with Crippen molar-refractivity contribution in [1.82, 2.24) is 19.9 Å². The fourth-order valence-corrected chi connectivity index (χ4v) is 3.83. The Morgan fingerprint density at radius 2 is 2.07 bits per heavy atom. The molecule has 1 aromatic carbocycles. The molecule has 0 saturated heterocycles. The van der Waals surface area contributed by atoms with E-state index in [4.69, 9.17) is 16.6 Å². The first kappa shape index (κ1) is 20.5. The molecule has 0 unspecified atom stereocenters. The molecule has 30 heavy (non-hydrogen) atoms. The van der Waals surface area contributed by atoms with Gasteiger partial charge in [0, 0.05) is 57.6 Å².